The maximum atomic E-state index is 11.1. The molecule has 3 heteroatoms. The highest BCUT2D eigenvalue weighted by atomic mass is 16.5. The van der Waals surface area contributed by atoms with Crippen molar-refractivity contribution in [3.8, 4) is 0 Å². The fourth-order valence-electron chi connectivity index (χ4n) is 3.79. The van der Waals surface area contributed by atoms with Crippen LogP contribution in [0.3, 0.4) is 0 Å². The van der Waals surface area contributed by atoms with E-state index < -0.39 is 5.60 Å². The van der Waals surface area contributed by atoms with Gasteiger partial charge in [-0.25, -0.2) is 0 Å². The van der Waals surface area contributed by atoms with E-state index in [1.807, 2.05) is 0 Å². The van der Waals surface area contributed by atoms with Gasteiger partial charge < -0.3 is 15.2 Å². The van der Waals surface area contributed by atoms with Gasteiger partial charge in [-0.05, 0) is 37.9 Å². The highest BCUT2D eigenvalue weighted by Crippen LogP contribution is 2.40. The Labute approximate surface area is 115 Å². The molecule has 0 saturated carbocycles. The molecular formula is C16H23NO2. The Morgan fingerprint density at radius 3 is 2.63 bits per heavy atom. The maximum absolute atomic E-state index is 11.1. The molecule has 19 heavy (non-hydrogen) atoms. The molecule has 2 heterocycles. The van der Waals surface area contributed by atoms with Gasteiger partial charge in [0, 0.05) is 12.8 Å². The number of fused-ring (bicyclic) bond motifs is 1. The van der Waals surface area contributed by atoms with E-state index in [0.29, 0.717) is 12.8 Å². The molecule has 104 valence electrons. The van der Waals surface area contributed by atoms with Crippen molar-refractivity contribution in [2.75, 3.05) is 6.54 Å². The van der Waals surface area contributed by atoms with Crippen LogP contribution in [0, 0.1) is 0 Å². The van der Waals surface area contributed by atoms with Crippen molar-refractivity contribution in [3.05, 3.63) is 35.4 Å². The normalized spacial score (nSPS) is 38.8. The van der Waals surface area contributed by atoms with Crippen LogP contribution in [0.5, 0.6) is 0 Å². The van der Waals surface area contributed by atoms with Crippen molar-refractivity contribution in [1.82, 2.24) is 5.32 Å². The molecule has 1 aromatic carbocycles. The van der Waals surface area contributed by atoms with Crippen molar-refractivity contribution in [1.29, 1.82) is 0 Å². The number of ether oxygens (including phenoxy) is 1. The summed E-state index contributed by atoms with van der Waals surface area (Å²) in [5.41, 5.74) is 1.93. The van der Waals surface area contributed by atoms with Gasteiger partial charge in [0.2, 0.25) is 0 Å². The topological polar surface area (TPSA) is 41.5 Å². The van der Waals surface area contributed by atoms with Gasteiger partial charge in [-0.2, -0.15) is 0 Å². The number of rotatable bonds is 1. The Kier molecular flexibility index (Phi) is 3.37. The SMILES string of the molecule is CC1CC(O)(C2NCCc3ccccc32)CC(C)O1. The number of aliphatic hydroxyl groups is 1. The first-order valence-electron chi connectivity index (χ1n) is 7.27. The summed E-state index contributed by atoms with van der Waals surface area (Å²) >= 11 is 0. The summed E-state index contributed by atoms with van der Waals surface area (Å²) in [6.45, 7) is 5.04. The summed E-state index contributed by atoms with van der Waals surface area (Å²) in [7, 11) is 0. The van der Waals surface area contributed by atoms with Gasteiger partial charge in [0.1, 0.15) is 0 Å². The first-order valence-corrected chi connectivity index (χ1v) is 7.27. The maximum Gasteiger partial charge on any atom is 0.0890 e. The van der Waals surface area contributed by atoms with Crippen LogP contribution in [0.25, 0.3) is 0 Å². The van der Waals surface area contributed by atoms with Crippen LogP contribution in [0.2, 0.25) is 0 Å². The van der Waals surface area contributed by atoms with Crippen molar-refractivity contribution >= 4 is 0 Å². The number of hydrogen-bond acceptors (Lipinski definition) is 3. The highest BCUT2D eigenvalue weighted by Gasteiger charge is 2.44. The van der Waals surface area contributed by atoms with E-state index in [0.717, 1.165) is 13.0 Å². The molecular weight excluding hydrogens is 238 g/mol. The monoisotopic (exact) mass is 261 g/mol. The third kappa shape index (κ3) is 2.42. The lowest BCUT2D eigenvalue weighted by Gasteiger charge is -2.46. The minimum atomic E-state index is -0.701. The van der Waals surface area contributed by atoms with Crippen LogP contribution >= 0.6 is 0 Å². The van der Waals surface area contributed by atoms with Crippen LogP contribution in [0.4, 0.5) is 0 Å². The quantitative estimate of drug-likeness (QED) is 0.814. The van der Waals surface area contributed by atoms with Gasteiger partial charge in [-0.3, -0.25) is 0 Å². The zero-order valence-corrected chi connectivity index (χ0v) is 11.7. The molecule has 0 spiro atoms. The second-order valence-corrected chi connectivity index (χ2v) is 6.11. The van der Waals surface area contributed by atoms with Crippen LogP contribution < -0.4 is 5.32 Å². The second kappa shape index (κ2) is 4.89. The summed E-state index contributed by atoms with van der Waals surface area (Å²) in [6.07, 6.45) is 2.67. The van der Waals surface area contributed by atoms with Crippen molar-refractivity contribution in [2.45, 2.75) is 57.0 Å². The fraction of sp³-hybridized carbons (Fsp3) is 0.625. The average Bonchev–Trinajstić information content (AvgIpc) is 2.36. The Balaban J connectivity index is 1.94. The van der Waals surface area contributed by atoms with E-state index in [-0.39, 0.29) is 18.2 Å². The fourth-order valence-corrected chi connectivity index (χ4v) is 3.79. The second-order valence-electron chi connectivity index (χ2n) is 6.11. The molecule has 2 aliphatic heterocycles. The van der Waals surface area contributed by atoms with Crippen LogP contribution in [-0.2, 0) is 11.2 Å². The Morgan fingerprint density at radius 2 is 1.89 bits per heavy atom. The lowest BCUT2D eigenvalue weighted by Crippen LogP contribution is -2.53. The third-order valence-corrected chi connectivity index (χ3v) is 4.39. The standard InChI is InChI=1S/C16H23NO2/c1-11-9-16(18,10-12(2)19-11)15-14-6-4-3-5-13(14)7-8-17-15/h3-6,11-12,15,17-18H,7-10H2,1-2H3. The molecule has 3 rings (SSSR count). The number of benzene rings is 1. The lowest BCUT2D eigenvalue weighted by molar-refractivity contribution is -0.147. The lowest BCUT2D eigenvalue weighted by atomic mass is 9.76. The molecule has 2 N–H and O–H groups in total. The zero-order chi connectivity index (χ0) is 13.5. The van der Waals surface area contributed by atoms with Crippen molar-refractivity contribution in [3.63, 3.8) is 0 Å². The highest BCUT2D eigenvalue weighted by molar-refractivity contribution is 5.34. The average molecular weight is 261 g/mol. The van der Waals surface area contributed by atoms with E-state index in [9.17, 15) is 5.11 Å². The minimum Gasteiger partial charge on any atom is -0.388 e. The molecule has 2 aliphatic rings. The first-order chi connectivity index (χ1) is 9.08. The van der Waals surface area contributed by atoms with Gasteiger partial charge >= 0.3 is 0 Å². The number of nitrogens with one attached hydrogen (secondary N) is 1. The predicted molar refractivity (Wildman–Crippen MR) is 75.1 cm³/mol. The third-order valence-electron chi connectivity index (χ3n) is 4.39. The van der Waals surface area contributed by atoms with E-state index in [4.69, 9.17) is 4.74 Å². The first kappa shape index (κ1) is 13.1. The van der Waals surface area contributed by atoms with Gasteiger partial charge in [0.15, 0.2) is 0 Å². The smallest absolute Gasteiger partial charge is 0.0890 e. The van der Waals surface area contributed by atoms with Crippen molar-refractivity contribution in [2.24, 2.45) is 0 Å². The van der Waals surface area contributed by atoms with Crippen molar-refractivity contribution < 1.29 is 9.84 Å². The molecule has 0 bridgehead atoms. The predicted octanol–water partition coefficient (Wildman–Crippen LogP) is 2.19. The molecule has 0 amide bonds. The van der Waals surface area contributed by atoms with E-state index >= 15 is 0 Å². The minimum absolute atomic E-state index is 0.0336. The van der Waals surface area contributed by atoms with E-state index in [1.165, 1.54) is 11.1 Å². The summed E-state index contributed by atoms with van der Waals surface area (Å²) in [5.74, 6) is 0. The summed E-state index contributed by atoms with van der Waals surface area (Å²) in [6, 6.07) is 8.51. The summed E-state index contributed by atoms with van der Waals surface area (Å²) in [4.78, 5) is 0. The Morgan fingerprint density at radius 1 is 1.21 bits per heavy atom. The molecule has 0 aromatic heterocycles. The van der Waals surface area contributed by atoms with Crippen LogP contribution in [0.1, 0.15) is 43.9 Å². The molecule has 3 atom stereocenters. The summed E-state index contributed by atoms with van der Waals surface area (Å²) in [5, 5.41) is 14.7. The summed E-state index contributed by atoms with van der Waals surface area (Å²) < 4.78 is 5.77. The molecule has 1 aromatic rings. The van der Waals surface area contributed by atoms with Crippen LogP contribution in [-0.4, -0.2) is 29.5 Å². The number of hydrogen-bond donors (Lipinski definition) is 2. The van der Waals surface area contributed by atoms with Gasteiger partial charge in [-0.1, -0.05) is 24.3 Å². The largest absolute Gasteiger partial charge is 0.388 e. The Hall–Kier alpha value is -0.900. The van der Waals surface area contributed by atoms with E-state index in [2.05, 4.69) is 43.4 Å². The molecule has 3 nitrogen and oxygen atoms in total. The van der Waals surface area contributed by atoms with Gasteiger partial charge in [0.05, 0.1) is 23.9 Å². The van der Waals surface area contributed by atoms with E-state index in [1.54, 1.807) is 0 Å². The van der Waals surface area contributed by atoms with Gasteiger partial charge in [-0.15, -0.1) is 0 Å². The molecule has 0 radical (unpaired) electrons. The molecule has 1 fully saturated rings. The molecule has 3 unspecified atom stereocenters. The molecule has 0 aliphatic carbocycles. The van der Waals surface area contributed by atoms with Crippen LogP contribution in [0.15, 0.2) is 24.3 Å². The zero-order valence-electron chi connectivity index (χ0n) is 11.7. The van der Waals surface area contributed by atoms with Gasteiger partial charge in [0.25, 0.3) is 0 Å². The molecule has 1 saturated heterocycles. The Bertz CT molecular complexity index is 450.